The maximum absolute atomic E-state index is 11.5. The normalized spacial score (nSPS) is 10.8. The topological polar surface area (TPSA) is 65.2 Å². The molecule has 0 saturated carbocycles. The predicted octanol–water partition coefficient (Wildman–Crippen LogP) is 3.83. The zero-order chi connectivity index (χ0) is 14.8. The number of rotatable bonds is 3. The van der Waals surface area contributed by atoms with Gasteiger partial charge in [0.2, 0.25) is 5.89 Å². The number of nitrogens with zero attached hydrogens (tertiary/aromatic N) is 2. The molecule has 0 radical (unpaired) electrons. The first-order valence-corrected chi connectivity index (χ1v) is 7.17. The number of carbonyl (C=O) groups excluding carboxylic acids is 1. The van der Waals surface area contributed by atoms with Gasteiger partial charge < -0.3 is 9.15 Å². The van der Waals surface area contributed by atoms with Gasteiger partial charge in [0.15, 0.2) is 0 Å². The molecule has 106 valence electrons. The molecule has 0 aliphatic rings. The molecule has 2 aromatic carbocycles. The molecule has 3 aromatic rings. The molecule has 3 rings (SSSR count). The minimum atomic E-state index is -0.610. The molecule has 0 saturated heterocycles. The van der Waals surface area contributed by atoms with Crippen molar-refractivity contribution in [2.24, 2.45) is 0 Å². The second-order valence-electron chi connectivity index (χ2n) is 4.34. The molecule has 1 aromatic heterocycles. The molecule has 21 heavy (non-hydrogen) atoms. The molecule has 0 unspecified atom stereocenters. The highest BCUT2D eigenvalue weighted by molar-refractivity contribution is 9.10. The molecular formula is C15H11BrN2O3. The summed E-state index contributed by atoms with van der Waals surface area (Å²) < 4.78 is 11.2. The maximum Gasteiger partial charge on any atom is 0.396 e. The van der Waals surface area contributed by atoms with Crippen LogP contribution < -0.4 is 0 Å². The number of fused-ring (bicyclic) bond motifs is 1. The van der Waals surface area contributed by atoms with Gasteiger partial charge in [0.1, 0.15) is 0 Å². The standard InChI is InChI=1S/C15H11BrN2O3/c1-2-20-15(19)14-18-17-13(21-14)11-4-3-10-8-12(16)6-5-9(10)7-11/h3-8H,2H2,1H3. The number of hydrogen-bond donors (Lipinski definition) is 0. The molecule has 0 aliphatic carbocycles. The van der Waals surface area contributed by atoms with Crippen LogP contribution in [0.2, 0.25) is 0 Å². The maximum atomic E-state index is 11.5. The summed E-state index contributed by atoms with van der Waals surface area (Å²) in [4.78, 5) is 11.5. The molecule has 5 nitrogen and oxygen atoms in total. The molecule has 0 amide bonds. The number of halogens is 1. The van der Waals surface area contributed by atoms with Gasteiger partial charge in [-0.3, -0.25) is 0 Å². The summed E-state index contributed by atoms with van der Waals surface area (Å²) in [5.74, 6) is -0.452. The van der Waals surface area contributed by atoms with Crippen LogP contribution >= 0.6 is 15.9 Å². The van der Waals surface area contributed by atoms with Crippen molar-refractivity contribution in [2.45, 2.75) is 6.92 Å². The van der Waals surface area contributed by atoms with E-state index in [0.717, 1.165) is 20.8 Å². The van der Waals surface area contributed by atoms with E-state index in [1.54, 1.807) is 6.92 Å². The highest BCUT2D eigenvalue weighted by Crippen LogP contribution is 2.25. The smallest absolute Gasteiger partial charge is 0.396 e. The number of esters is 1. The molecule has 0 bridgehead atoms. The first-order valence-electron chi connectivity index (χ1n) is 6.37. The Hall–Kier alpha value is -2.21. The van der Waals surface area contributed by atoms with Gasteiger partial charge >= 0.3 is 11.9 Å². The van der Waals surface area contributed by atoms with E-state index in [2.05, 4.69) is 26.1 Å². The van der Waals surface area contributed by atoms with E-state index < -0.39 is 5.97 Å². The minimum absolute atomic E-state index is 0.136. The Bertz CT molecular complexity index is 814. The van der Waals surface area contributed by atoms with E-state index in [4.69, 9.17) is 9.15 Å². The average molecular weight is 347 g/mol. The Morgan fingerprint density at radius 3 is 2.76 bits per heavy atom. The van der Waals surface area contributed by atoms with Crippen molar-refractivity contribution < 1.29 is 13.9 Å². The lowest BCUT2D eigenvalue weighted by atomic mass is 10.1. The first-order chi connectivity index (χ1) is 10.2. The van der Waals surface area contributed by atoms with Gasteiger partial charge in [0.25, 0.3) is 0 Å². The van der Waals surface area contributed by atoms with Crippen molar-refractivity contribution in [3.8, 4) is 11.5 Å². The van der Waals surface area contributed by atoms with Crippen LogP contribution in [0.5, 0.6) is 0 Å². The van der Waals surface area contributed by atoms with Crippen LogP contribution in [0.15, 0.2) is 45.3 Å². The Morgan fingerprint density at radius 2 is 1.95 bits per heavy atom. The largest absolute Gasteiger partial charge is 0.459 e. The number of ether oxygens (including phenoxy) is 1. The van der Waals surface area contributed by atoms with Crippen LogP contribution in [-0.4, -0.2) is 22.8 Å². The number of carbonyl (C=O) groups is 1. The quantitative estimate of drug-likeness (QED) is 0.674. The van der Waals surface area contributed by atoms with E-state index >= 15 is 0 Å². The highest BCUT2D eigenvalue weighted by Gasteiger charge is 2.16. The van der Waals surface area contributed by atoms with Gasteiger partial charge in [-0.2, -0.15) is 0 Å². The molecule has 0 atom stereocenters. The lowest BCUT2D eigenvalue weighted by Crippen LogP contribution is -2.04. The third-order valence-corrected chi connectivity index (χ3v) is 3.42. The average Bonchev–Trinajstić information content (AvgIpc) is 2.97. The molecule has 0 spiro atoms. The number of benzene rings is 2. The zero-order valence-electron chi connectivity index (χ0n) is 11.2. The lowest BCUT2D eigenvalue weighted by molar-refractivity contribution is 0.0481. The summed E-state index contributed by atoms with van der Waals surface area (Å²) in [5.41, 5.74) is 0.757. The van der Waals surface area contributed by atoms with Crippen LogP contribution in [0.1, 0.15) is 17.6 Å². The first kappa shape index (κ1) is 13.8. The Labute approximate surface area is 129 Å². The molecule has 1 heterocycles. The molecule has 6 heteroatoms. The van der Waals surface area contributed by atoms with Crippen molar-refractivity contribution in [1.82, 2.24) is 10.2 Å². The SMILES string of the molecule is CCOC(=O)c1nnc(-c2ccc3cc(Br)ccc3c2)o1. The summed E-state index contributed by atoms with van der Waals surface area (Å²) in [6.45, 7) is 1.98. The second-order valence-corrected chi connectivity index (χ2v) is 5.25. The molecular weight excluding hydrogens is 336 g/mol. The fourth-order valence-electron chi connectivity index (χ4n) is 1.96. The summed E-state index contributed by atoms with van der Waals surface area (Å²) in [5, 5.41) is 9.74. The van der Waals surface area contributed by atoms with Crippen molar-refractivity contribution in [3.05, 3.63) is 46.8 Å². The third-order valence-electron chi connectivity index (χ3n) is 2.92. The number of hydrogen-bond acceptors (Lipinski definition) is 5. The highest BCUT2D eigenvalue weighted by atomic mass is 79.9. The number of aromatic nitrogens is 2. The Morgan fingerprint density at radius 1 is 1.19 bits per heavy atom. The Balaban J connectivity index is 1.97. The third kappa shape index (κ3) is 2.80. The summed E-state index contributed by atoms with van der Waals surface area (Å²) >= 11 is 3.44. The van der Waals surface area contributed by atoms with E-state index in [-0.39, 0.29) is 12.5 Å². The van der Waals surface area contributed by atoms with E-state index in [9.17, 15) is 4.79 Å². The van der Waals surface area contributed by atoms with E-state index in [1.165, 1.54) is 0 Å². The van der Waals surface area contributed by atoms with Crippen LogP contribution in [-0.2, 0) is 4.74 Å². The summed E-state index contributed by atoms with van der Waals surface area (Å²) in [6.07, 6.45) is 0. The van der Waals surface area contributed by atoms with Crippen LogP contribution in [0.4, 0.5) is 0 Å². The van der Waals surface area contributed by atoms with Gasteiger partial charge in [-0.15, -0.1) is 10.2 Å². The minimum Gasteiger partial charge on any atom is -0.459 e. The van der Waals surface area contributed by atoms with Gasteiger partial charge in [0, 0.05) is 10.0 Å². The Kier molecular flexibility index (Phi) is 3.70. The van der Waals surface area contributed by atoms with Crippen LogP contribution in [0.3, 0.4) is 0 Å². The van der Waals surface area contributed by atoms with Gasteiger partial charge in [-0.1, -0.05) is 28.1 Å². The van der Waals surface area contributed by atoms with Crippen LogP contribution in [0, 0.1) is 0 Å². The summed E-state index contributed by atoms with van der Waals surface area (Å²) in [7, 11) is 0. The van der Waals surface area contributed by atoms with Crippen LogP contribution in [0.25, 0.3) is 22.2 Å². The van der Waals surface area contributed by atoms with Crippen molar-refractivity contribution in [1.29, 1.82) is 0 Å². The fourth-order valence-corrected chi connectivity index (χ4v) is 2.34. The van der Waals surface area contributed by atoms with Gasteiger partial charge in [0.05, 0.1) is 6.61 Å². The van der Waals surface area contributed by atoms with Crippen molar-refractivity contribution >= 4 is 32.7 Å². The van der Waals surface area contributed by atoms with Gasteiger partial charge in [-0.25, -0.2) is 4.79 Å². The molecule has 0 fully saturated rings. The zero-order valence-corrected chi connectivity index (χ0v) is 12.8. The summed E-state index contributed by atoms with van der Waals surface area (Å²) in [6, 6.07) is 11.7. The van der Waals surface area contributed by atoms with Crippen molar-refractivity contribution in [3.63, 3.8) is 0 Å². The van der Waals surface area contributed by atoms with E-state index in [0.29, 0.717) is 5.89 Å². The second kappa shape index (κ2) is 5.65. The monoisotopic (exact) mass is 346 g/mol. The van der Waals surface area contributed by atoms with E-state index in [1.807, 2.05) is 36.4 Å². The molecule has 0 N–H and O–H groups in total. The van der Waals surface area contributed by atoms with Crippen molar-refractivity contribution in [2.75, 3.05) is 6.61 Å². The van der Waals surface area contributed by atoms with Gasteiger partial charge in [-0.05, 0) is 42.0 Å². The molecule has 0 aliphatic heterocycles. The fraction of sp³-hybridized carbons (Fsp3) is 0.133. The lowest BCUT2D eigenvalue weighted by Gasteiger charge is -2.01. The predicted molar refractivity (Wildman–Crippen MR) is 80.9 cm³/mol.